The van der Waals surface area contributed by atoms with E-state index in [0.29, 0.717) is 16.9 Å². The number of aromatic amines is 1. The second kappa shape index (κ2) is 4.19. The van der Waals surface area contributed by atoms with Crippen molar-refractivity contribution in [1.29, 1.82) is 0 Å². The Labute approximate surface area is 107 Å². The van der Waals surface area contributed by atoms with Crippen LogP contribution in [0.4, 0.5) is 13.2 Å². The van der Waals surface area contributed by atoms with Crippen molar-refractivity contribution in [1.82, 2.24) is 19.7 Å². The third kappa shape index (κ3) is 1.91. The molecule has 0 atom stereocenters. The molecular weight excluding hydrogens is 281 g/mol. The Balaban J connectivity index is 2.23. The largest absolute Gasteiger partial charge is 0.332 e. The molecular formula is C10H5F3N4OS. The first-order chi connectivity index (χ1) is 9.06. The Bertz CT molecular complexity index is 807. The average molecular weight is 286 g/mol. The van der Waals surface area contributed by atoms with Gasteiger partial charge in [-0.05, 0) is 18.2 Å². The van der Waals surface area contributed by atoms with Crippen LogP contribution >= 0.6 is 11.3 Å². The van der Waals surface area contributed by atoms with Gasteiger partial charge in [0, 0.05) is 0 Å². The fraction of sp³-hybridized carbons (Fsp3) is 0.100. The summed E-state index contributed by atoms with van der Waals surface area (Å²) < 4.78 is 39.0. The van der Waals surface area contributed by atoms with E-state index in [9.17, 15) is 18.0 Å². The minimum atomic E-state index is -2.75. The summed E-state index contributed by atoms with van der Waals surface area (Å²) in [4.78, 5) is 14.2. The highest BCUT2D eigenvalue weighted by Crippen LogP contribution is 2.25. The van der Waals surface area contributed by atoms with E-state index in [-0.39, 0.29) is 10.6 Å². The maximum Gasteiger partial charge on any atom is 0.332 e. The normalized spacial score (nSPS) is 11.6. The number of H-pyrrole nitrogens is 1. The second-order valence-corrected chi connectivity index (χ2v) is 4.64. The highest BCUT2D eigenvalue weighted by molar-refractivity contribution is 7.13. The molecule has 0 unspecified atom stereocenters. The van der Waals surface area contributed by atoms with E-state index in [1.807, 2.05) is 0 Å². The van der Waals surface area contributed by atoms with E-state index < -0.39 is 22.9 Å². The summed E-state index contributed by atoms with van der Waals surface area (Å²) in [6.45, 7) is 0. The van der Waals surface area contributed by atoms with Gasteiger partial charge < -0.3 is 4.98 Å². The highest BCUT2D eigenvalue weighted by atomic mass is 32.1. The average Bonchev–Trinajstić information content (AvgIpc) is 2.91. The molecule has 3 aromatic rings. The Morgan fingerprint density at radius 3 is 2.79 bits per heavy atom. The van der Waals surface area contributed by atoms with Gasteiger partial charge in [-0.25, -0.2) is 22.5 Å². The van der Waals surface area contributed by atoms with Gasteiger partial charge in [0.1, 0.15) is 5.82 Å². The molecule has 0 aliphatic heterocycles. The SMILES string of the molecule is O=c1[nH]c2cc(F)ccc2n1-c1nnc(C(F)F)s1. The zero-order valence-electron chi connectivity index (χ0n) is 9.10. The lowest BCUT2D eigenvalue weighted by Gasteiger charge is -1.96. The van der Waals surface area contributed by atoms with Gasteiger partial charge in [-0.15, -0.1) is 10.2 Å². The molecule has 0 aliphatic carbocycles. The van der Waals surface area contributed by atoms with Gasteiger partial charge in [0.2, 0.25) is 5.13 Å². The number of halogens is 3. The molecule has 9 heteroatoms. The summed E-state index contributed by atoms with van der Waals surface area (Å²) in [6, 6.07) is 3.68. The van der Waals surface area contributed by atoms with E-state index in [0.717, 1.165) is 10.6 Å². The fourth-order valence-electron chi connectivity index (χ4n) is 1.68. The van der Waals surface area contributed by atoms with Crippen LogP contribution in [0.2, 0.25) is 0 Å². The first-order valence-electron chi connectivity index (χ1n) is 5.08. The van der Waals surface area contributed by atoms with Gasteiger partial charge in [-0.3, -0.25) is 0 Å². The smallest absolute Gasteiger partial charge is 0.305 e. The van der Waals surface area contributed by atoms with Crippen molar-refractivity contribution in [2.24, 2.45) is 0 Å². The molecule has 0 aliphatic rings. The quantitative estimate of drug-likeness (QED) is 0.786. The minimum absolute atomic E-state index is 0.0122. The van der Waals surface area contributed by atoms with Crippen LogP contribution in [0.25, 0.3) is 16.2 Å². The van der Waals surface area contributed by atoms with E-state index >= 15 is 0 Å². The molecule has 5 nitrogen and oxygen atoms in total. The van der Waals surface area contributed by atoms with E-state index in [1.54, 1.807) is 0 Å². The van der Waals surface area contributed by atoms with Gasteiger partial charge in [-0.2, -0.15) is 0 Å². The lowest BCUT2D eigenvalue weighted by molar-refractivity contribution is 0.150. The number of rotatable bonds is 2. The van der Waals surface area contributed by atoms with Crippen LogP contribution in [-0.4, -0.2) is 19.7 Å². The monoisotopic (exact) mass is 286 g/mol. The summed E-state index contributed by atoms with van der Waals surface area (Å²) in [5.74, 6) is -0.508. The summed E-state index contributed by atoms with van der Waals surface area (Å²) in [5.41, 5.74) is 0.0275. The van der Waals surface area contributed by atoms with Gasteiger partial charge in [0.15, 0.2) is 5.01 Å². The number of imidazole rings is 1. The molecule has 3 rings (SSSR count). The number of hydrogen-bond donors (Lipinski definition) is 1. The first kappa shape index (κ1) is 11.9. The minimum Gasteiger partial charge on any atom is -0.305 e. The first-order valence-corrected chi connectivity index (χ1v) is 5.90. The molecule has 0 saturated heterocycles. The molecule has 0 radical (unpaired) electrons. The molecule has 0 bridgehead atoms. The number of fused-ring (bicyclic) bond motifs is 1. The van der Waals surface area contributed by atoms with Crippen LogP contribution in [0, 0.1) is 5.82 Å². The third-order valence-corrected chi connectivity index (χ3v) is 3.37. The van der Waals surface area contributed by atoms with E-state index in [1.165, 1.54) is 12.1 Å². The standard InChI is InChI=1S/C10H5F3N4OS/c11-4-1-2-6-5(3-4)14-9(18)17(6)10-16-15-8(19-10)7(12)13/h1-3,7H,(H,14,18). The van der Waals surface area contributed by atoms with Crippen LogP contribution in [-0.2, 0) is 0 Å². The van der Waals surface area contributed by atoms with Crippen molar-refractivity contribution in [2.75, 3.05) is 0 Å². The zero-order chi connectivity index (χ0) is 13.6. The van der Waals surface area contributed by atoms with Crippen LogP contribution in [0.1, 0.15) is 11.4 Å². The number of benzene rings is 1. The summed E-state index contributed by atoms with van der Waals surface area (Å²) >= 11 is 0.609. The second-order valence-electron chi connectivity index (χ2n) is 3.65. The molecule has 19 heavy (non-hydrogen) atoms. The number of hydrogen-bond acceptors (Lipinski definition) is 4. The van der Waals surface area contributed by atoms with Crippen LogP contribution in [0.5, 0.6) is 0 Å². The van der Waals surface area contributed by atoms with Gasteiger partial charge in [0.05, 0.1) is 11.0 Å². The molecule has 2 aromatic heterocycles. The van der Waals surface area contributed by atoms with Gasteiger partial charge in [-0.1, -0.05) is 11.3 Å². The maximum atomic E-state index is 13.0. The fourth-order valence-corrected chi connectivity index (χ4v) is 2.39. The highest BCUT2D eigenvalue weighted by Gasteiger charge is 2.18. The van der Waals surface area contributed by atoms with E-state index in [2.05, 4.69) is 15.2 Å². The number of alkyl halides is 2. The Hall–Kier alpha value is -2.16. The topological polar surface area (TPSA) is 63.6 Å². The Morgan fingerprint density at radius 1 is 1.32 bits per heavy atom. The van der Waals surface area contributed by atoms with Crippen LogP contribution < -0.4 is 5.69 Å². The molecule has 1 N–H and O–H groups in total. The van der Waals surface area contributed by atoms with Gasteiger partial charge in [0.25, 0.3) is 6.43 Å². The third-order valence-electron chi connectivity index (χ3n) is 2.45. The van der Waals surface area contributed by atoms with Crippen LogP contribution in [0.3, 0.4) is 0 Å². The van der Waals surface area contributed by atoms with Crippen molar-refractivity contribution in [3.63, 3.8) is 0 Å². The lowest BCUT2D eigenvalue weighted by Crippen LogP contribution is -2.14. The lowest BCUT2D eigenvalue weighted by atomic mass is 10.3. The number of nitrogens with zero attached hydrogens (tertiary/aromatic N) is 3. The summed E-state index contributed by atoms with van der Waals surface area (Å²) in [6.07, 6.45) is -2.75. The number of aromatic nitrogens is 4. The van der Waals surface area contributed by atoms with Crippen LogP contribution in [0.15, 0.2) is 23.0 Å². The zero-order valence-corrected chi connectivity index (χ0v) is 9.92. The molecule has 2 heterocycles. The van der Waals surface area contributed by atoms with E-state index in [4.69, 9.17) is 0 Å². The van der Waals surface area contributed by atoms with Crippen molar-refractivity contribution in [3.8, 4) is 5.13 Å². The molecule has 0 amide bonds. The molecule has 98 valence electrons. The van der Waals surface area contributed by atoms with Crippen molar-refractivity contribution < 1.29 is 13.2 Å². The number of nitrogens with one attached hydrogen (secondary N) is 1. The maximum absolute atomic E-state index is 13.0. The van der Waals surface area contributed by atoms with Crippen molar-refractivity contribution in [3.05, 3.63) is 39.5 Å². The predicted molar refractivity (Wildman–Crippen MR) is 62.3 cm³/mol. The molecule has 0 fully saturated rings. The van der Waals surface area contributed by atoms with Crippen molar-refractivity contribution >= 4 is 22.4 Å². The van der Waals surface area contributed by atoms with Crippen molar-refractivity contribution in [2.45, 2.75) is 6.43 Å². The summed E-state index contributed by atoms with van der Waals surface area (Å²) in [5, 5.41) is 6.40. The summed E-state index contributed by atoms with van der Waals surface area (Å²) in [7, 11) is 0. The molecule has 1 aromatic carbocycles. The predicted octanol–water partition coefficient (Wildman–Crippen LogP) is 2.25. The molecule has 0 saturated carbocycles. The Kier molecular flexibility index (Phi) is 2.63. The molecule has 0 spiro atoms. The Morgan fingerprint density at radius 2 is 2.11 bits per heavy atom. The van der Waals surface area contributed by atoms with Gasteiger partial charge >= 0.3 is 5.69 Å².